The minimum absolute atomic E-state index is 0.0757. The lowest BCUT2D eigenvalue weighted by Crippen LogP contribution is -2.47. The molecule has 1 N–H and O–H groups in total. The maximum atomic E-state index is 16.9. The Morgan fingerprint density at radius 3 is 2.50 bits per heavy atom. The van der Waals surface area contributed by atoms with Crippen molar-refractivity contribution in [2.75, 3.05) is 37.7 Å². The van der Waals surface area contributed by atoms with Crippen molar-refractivity contribution in [3.05, 3.63) is 53.6 Å². The van der Waals surface area contributed by atoms with E-state index in [4.69, 9.17) is 4.74 Å². The fourth-order valence-electron chi connectivity index (χ4n) is 9.27. The number of phenols is 1. The van der Waals surface area contributed by atoms with Gasteiger partial charge in [0.2, 0.25) is 0 Å². The van der Waals surface area contributed by atoms with Gasteiger partial charge < -0.3 is 14.7 Å². The van der Waals surface area contributed by atoms with E-state index in [1.165, 1.54) is 30.3 Å². The lowest BCUT2D eigenvalue weighted by atomic mass is 9.84. The Hall–Kier alpha value is -3.80. The number of halogens is 6. The van der Waals surface area contributed by atoms with Crippen molar-refractivity contribution in [1.29, 1.82) is 0 Å². The number of fused-ring (bicyclic) bond motifs is 5. The molecule has 12 heteroatoms. The van der Waals surface area contributed by atoms with Crippen LogP contribution >= 0.6 is 0 Å². The fourth-order valence-corrected chi connectivity index (χ4v) is 9.27. The summed E-state index contributed by atoms with van der Waals surface area (Å²) in [5.74, 6) is -3.66. The number of aromatic nitrogens is 2. The number of ether oxygens (including phenoxy) is 1. The summed E-state index contributed by atoms with van der Waals surface area (Å²) in [6.07, 6.45) is -2.13. The van der Waals surface area contributed by atoms with Crippen molar-refractivity contribution in [2.24, 2.45) is 17.8 Å². The van der Waals surface area contributed by atoms with Crippen molar-refractivity contribution >= 4 is 27.5 Å². The number of rotatable bonds is 6. The number of aryl methyl sites for hydroxylation is 1. The summed E-state index contributed by atoms with van der Waals surface area (Å²) in [6.45, 7) is 3.17. The molecule has 48 heavy (non-hydrogen) atoms. The summed E-state index contributed by atoms with van der Waals surface area (Å²) in [5.41, 5.74) is 0.114. The third kappa shape index (κ3) is 5.04. The van der Waals surface area contributed by atoms with Gasteiger partial charge in [0.25, 0.3) is 0 Å². The molecule has 0 amide bonds. The third-order valence-corrected chi connectivity index (χ3v) is 11.3. The predicted octanol–water partition coefficient (Wildman–Crippen LogP) is 7.98. The van der Waals surface area contributed by atoms with E-state index < -0.39 is 47.3 Å². The number of hydrogen-bond donors (Lipinski definition) is 1. The van der Waals surface area contributed by atoms with Gasteiger partial charge in [-0.3, -0.25) is 4.90 Å². The number of phenolic OH excluding ortho intramolecular Hbond substituents is 1. The van der Waals surface area contributed by atoms with Crippen LogP contribution in [0.4, 0.5) is 32.2 Å². The number of aromatic hydroxyl groups is 1. The first-order chi connectivity index (χ1) is 23.0. The van der Waals surface area contributed by atoms with E-state index in [1.807, 2.05) is 0 Å². The van der Waals surface area contributed by atoms with Crippen molar-refractivity contribution in [3.63, 3.8) is 0 Å². The number of piperidine rings is 1. The Bertz CT molecular complexity index is 1910. The van der Waals surface area contributed by atoms with E-state index >= 15 is 4.39 Å². The molecule has 4 heterocycles. The molecule has 3 aliphatic heterocycles. The summed E-state index contributed by atoms with van der Waals surface area (Å²) in [7, 11) is 0. The van der Waals surface area contributed by atoms with Crippen molar-refractivity contribution < 1.29 is 36.2 Å². The first-order valence-electron chi connectivity index (χ1n) is 16.7. The molecule has 8 rings (SSSR count). The third-order valence-electron chi connectivity index (χ3n) is 11.3. The van der Waals surface area contributed by atoms with Gasteiger partial charge in [0.15, 0.2) is 5.82 Å². The molecule has 4 atom stereocenters. The van der Waals surface area contributed by atoms with Crippen molar-refractivity contribution in [2.45, 2.75) is 63.3 Å². The first kappa shape index (κ1) is 31.5. The Labute approximate surface area is 273 Å². The molecule has 3 aromatic carbocycles. The highest BCUT2D eigenvalue weighted by Gasteiger charge is 2.55. The summed E-state index contributed by atoms with van der Waals surface area (Å²) < 4.78 is 94.6. The number of alkyl halides is 4. The summed E-state index contributed by atoms with van der Waals surface area (Å²) >= 11 is 0. The van der Waals surface area contributed by atoms with Gasteiger partial charge in [-0.25, -0.2) is 13.2 Å². The molecule has 4 aliphatic rings. The van der Waals surface area contributed by atoms with E-state index in [0.29, 0.717) is 54.0 Å². The molecule has 0 radical (unpaired) electrons. The number of hydrogen-bond acceptors (Lipinski definition) is 6. The van der Waals surface area contributed by atoms with E-state index in [9.17, 15) is 27.1 Å². The number of benzene rings is 3. The zero-order valence-electron chi connectivity index (χ0n) is 26.5. The van der Waals surface area contributed by atoms with Gasteiger partial charge in [-0.2, -0.15) is 23.1 Å². The van der Waals surface area contributed by atoms with E-state index in [1.54, 1.807) is 17.9 Å². The minimum Gasteiger partial charge on any atom is -0.508 e. The van der Waals surface area contributed by atoms with Crippen LogP contribution in [-0.2, 0) is 6.42 Å². The van der Waals surface area contributed by atoms with Gasteiger partial charge in [0.1, 0.15) is 35.7 Å². The van der Waals surface area contributed by atoms with Crippen LogP contribution < -0.4 is 9.64 Å². The van der Waals surface area contributed by atoms with Crippen molar-refractivity contribution in [3.8, 4) is 22.9 Å². The normalized spacial score (nSPS) is 27.4. The number of anilines is 1. The van der Waals surface area contributed by atoms with Gasteiger partial charge in [0.05, 0.1) is 11.5 Å². The first-order valence-corrected chi connectivity index (χ1v) is 16.7. The Kier molecular flexibility index (Phi) is 7.46. The maximum absolute atomic E-state index is 16.9. The second-order valence-electron chi connectivity index (χ2n) is 14.1. The van der Waals surface area contributed by atoms with E-state index in [0.717, 1.165) is 19.4 Å². The average molecular weight is 671 g/mol. The molecular formula is C36H36F6N4O2. The largest absolute Gasteiger partial charge is 0.508 e. The lowest BCUT2D eigenvalue weighted by molar-refractivity contribution is -0.196. The van der Waals surface area contributed by atoms with Gasteiger partial charge in [-0.1, -0.05) is 19.1 Å². The highest BCUT2D eigenvalue weighted by Crippen LogP contribution is 2.51. The summed E-state index contributed by atoms with van der Waals surface area (Å²) in [5, 5.41) is 11.9. The molecule has 2 unspecified atom stereocenters. The molecule has 4 aromatic rings. The molecule has 6 nitrogen and oxygen atoms in total. The van der Waals surface area contributed by atoms with E-state index in [-0.39, 0.29) is 53.9 Å². The molecule has 2 bridgehead atoms. The average Bonchev–Trinajstić information content (AvgIpc) is 3.67. The van der Waals surface area contributed by atoms with Crippen LogP contribution in [0, 0.1) is 29.4 Å². The minimum atomic E-state index is -4.30. The smallest absolute Gasteiger partial charge is 0.392 e. The zero-order valence-corrected chi connectivity index (χ0v) is 26.5. The van der Waals surface area contributed by atoms with Crippen LogP contribution in [0.25, 0.3) is 32.8 Å². The quantitative estimate of drug-likeness (QED) is 0.210. The molecular weight excluding hydrogens is 634 g/mol. The zero-order chi connectivity index (χ0) is 33.5. The van der Waals surface area contributed by atoms with Gasteiger partial charge in [-0.05, 0) is 96.6 Å². The van der Waals surface area contributed by atoms with Gasteiger partial charge >= 0.3 is 12.2 Å². The van der Waals surface area contributed by atoms with Crippen LogP contribution in [0.5, 0.6) is 11.8 Å². The van der Waals surface area contributed by atoms with Gasteiger partial charge in [-0.15, -0.1) is 0 Å². The Morgan fingerprint density at radius 1 is 1.00 bits per heavy atom. The molecule has 0 spiro atoms. The van der Waals surface area contributed by atoms with Crippen LogP contribution in [0.1, 0.15) is 44.6 Å². The lowest BCUT2D eigenvalue weighted by Gasteiger charge is -2.39. The van der Waals surface area contributed by atoms with Crippen LogP contribution in [-0.4, -0.2) is 70.6 Å². The van der Waals surface area contributed by atoms with Gasteiger partial charge in [0, 0.05) is 37.0 Å². The van der Waals surface area contributed by atoms with Crippen LogP contribution in [0.15, 0.2) is 36.4 Å². The second-order valence-corrected chi connectivity index (χ2v) is 14.1. The SMILES string of the molecule is CCc1c(F)ccc2cc(O)cc(-c3ccc4c(N5CC6CCC(C5)C6C(F)(F)F)nc(OC[C@@]56CCCN5C[C@H](F)C6)nc4c3F)c12. The highest BCUT2D eigenvalue weighted by atomic mass is 19.4. The fraction of sp³-hybridized carbons (Fsp3) is 0.500. The molecule has 1 aromatic heterocycles. The standard InChI is InChI=1S/C36H36F6N4O2/c1-2-24-28(38)9-6-19-12-23(47)13-27(29(19)24)25-7-8-26-32(31(25)39)43-34(48-18-35-10-3-11-46(35)17-22(37)14-35)44-33(26)45-15-20-4-5-21(16-45)30(20)36(40,41)42/h6-9,12-13,20-22,30,47H,2-5,10-11,14-18H2,1H3/t20?,21?,22-,30?,35+/m1/s1. The van der Waals surface area contributed by atoms with Crippen LogP contribution in [0.3, 0.4) is 0 Å². The second kappa shape index (κ2) is 11.4. The predicted molar refractivity (Wildman–Crippen MR) is 170 cm³/mol. The summed E-state index contributed by atoms with van der Waals surface area (Å²) in [4.78, 5) is 13.1. The summed E-state index contributed by atoms with van der Waals surface area (Å²) in [6, 6.07) is 8.77. The molecule has 1 saturated carbocycles. The molecule has 3 saturated heterocycles. The van der Waals surface area contributed by atoms with Crippen LogP contribution in [0.2, 0.25) is 0 Å². The van der Waals surface area contributed by atoms with Crippen molar-refractivity contribution in [1.82, 2.24) is 14.9 Å². The monoisotopic (exact) mass is 670 g/mol. The molecule has 4 fully saturated rings. The van der Waals surface area contributed by atoms with E-state index in [2.05, 4.69) is 14.9 Å². The molecule has 254 valence electrons. The Balaban J connectivity index is 1.26. The highest BCUT2D eigenvalue weighted by molar-refractivity contribution is 6.03. The topological polar surface area (TPSA) is 61.7 Å². The maximum Gasteiger partial charge on any atom is 0.392 e. The molecule has 1 aliphatic carbocycles. The Morgan fingerprint density at radius 2 is 1.77 bits per heavy atom. The number of nitrogens with zero attached hydrogens (tertiary/aromatic N) is 4.